The van der Waals surface area contributed by atoms with Crippen LogP contribution in [0.25, 0.3) is 11.1 Å². The quantitative estimate of drug-likeness (QED) is 0.839. The number of nitrogens with two attached hydrogens (primary N) is 1. The van der Waals surface area contributed by atoms with Gasteiger partial charge in [-0.1, -0.05) is 23.7 Å². The van der Waals surface area contributed by atoms with Gasteiger partial charge < -0.3 is 10.8 Å². The molecule has 0 saturated heterocycles. The topological polar surface area (TPSA) is 59.1 Å². The van der Waals surface area contributed by atoms with Crippen LogP contribution >= 0.6 is 11.6 Å². The zero-order valence-corrected chi connectivity index (χ0v) is 9.28. The Morgan fingerprint density at radius 2 is 2.06 bits per heavy atom. The molecule has 16 heavy (non-hydrogen) atoms. The van der Waals surface area contributed by atoms with E-state index in [0.29, 0.717) is 16.4 Å². The maximum absolute atomic E-state index is 9.10. The van der Waals surface area contributed by atoms with E-state index in [4.69, 9.17) is 22.4 Å². The van der Waals surface area contributed by atoms with E-state index in [1.807, 2.05) is 30.3 Å². The van der Waals surface area contributed by atoms with E-state index in [1.54, 1.807) is 6.20 Å². The van der Waals surface area contributed by atoms with Gasteiger partial charge in [0.15, 0.2) is 0 Å². The predicted octanol–water partition coefficient (Wildman–Crippen LogP) is 2.48. The largest absolute Gasteiger partial charge is 0.392 e. The van der Waals surface area contributed by atoms with Gasteiger partial charge in [-0.05, 0) is 23.8 Å². The van der Waals surface area contributed by atoms with Crippen LogP contribution in [0.2, 0.25) is 5.02 Å². The average molecular weight is 235 g/mol. The lowest BCUT2D eigenvalue weighted by atomic mass is 10.1. The van der Waals surface area contributed by atoms with Crippen molar-refractivity contribution in [3.63, 3.8) is 0 Å². The average Bonchev–Trinajstić information content (AvgIpc) is 2.29. The van der Waals surface area contributed by atoms with Gasteiger partial charge in [0.1, 0.15) is 5.82 Å². The third-order valence-corrected chi connectivity index (χ3v) is 2.56. The first-order valence-electron chi connectivity index (χ1n) is 4.82. The number of halogens is 1. The van der Waals surface area contributed by atoms with E-state index in [-0.39, 0.29) is 6.61 Å². The molecule has 1 heterocycles. The SMILES string of the molecule is Nc1ncc(-c2cccc(Cl)c2)cc1CO. The molecule has 0 atom stereocenters. The van der Waals surface area contributed by atoms with Crippen molar-refractivity contribution in [2.24, 2.45) is 0 Å². The zero-order valence-electron chi connectivity index (χ0n) is 8.52. The monoisotopic (exact) mass is 234 g/mol. The first-order chi connectivity index (χ1) is 7.70. The van der Waals surface area contributed by atoms with Gasteiger partial charge in [-0.25, -0.2) is 4.98 Å². The number of hydrogen-bond donors (Lipinski definition) is 2. The molecule has 0 aliphatic rings. The minimum absolute atomic E-state index is 0.118. The lowest BCUT2D eigenvalue weighted by Gasteiger charge is -2.06. The number of benzene rings is 1. The molecule has 0 fully saturated rings. The zero-order chi connectivity index (χ0) is 11.5. The Labute approximate surface area is 98.5 Å². The second-order valence-electron chi connectivity index (χ2n) is 3.44. The molecule has 3 nitrogen and oxygen atoms in total. The maximum Gasteiger partial charge on any atom is 0.128 e. The Balaban J connectivity index is 2.48. The van der Waals surface area contributed by atoms with E-state index >= 15 is 0 Å². The highest BCUT2D eigenvalue weighted by Gasteiger charge is 2.04. The second kappa shape index (κ2) is 4.51. The van der Waals surface area contributed by atoms with Crippen LogP contribution in [0, 0.1) is 0 Å². The van der Waals surface area contributed by atoms with Gasteiger partial charge in [-0.2, -0.15) is 0 Å². The molecule has 1 aromatic heterocycles. The van der Waals surface area contributed by atoms with Crippen LogP contribution in [0.5, 0.6) is 0 Å². The maximum atomic E-state index is 9.10. The van der Waals surface area contributed by atoms with Crippen molar-refractivity contribution in [3.8, 4) is 11.1 Å². The number of anilines is 1. The summed E-state index contributed by atoms with van der Waals surface area (Å²) in [6, 6.07) is 9.26. The Kier molecular flexibility index (Phi) is 3.08. The van der Waals surface area contributed by atoms with E-state index in [9.17, 15) is 0 Å². The minimum atomic E-state index is -0.118. The van der Waals surface area contributed by atoms with E-state index in [0.717, 1.165) is 11.1 Å². The molecule has 0 saturated carbocycles. The van der Waals surface area contributed by atoms with Crippen LogP contribution in [-0.2, 0) is 6.61 Å². The Morgan fingerprint density at radius 1 is 1.25 bits per heavy atom. The van der Waals surface area contributed by atoms with Gasteiger partial charge in [0, 0.05) is 22.3 Å². The van der Waals surface area contributed by atoms with Crippen LogP contribution in [0.15, 0.2) is 36.5 Å². The van der Waals surface area contributed by atoms with Crippen LogP contribution in [0.1, 0.15) is 5.56 Å². The molecule has 82 valence electrons. The third kappa shape index (κ3) is 2.15. The first kappa shape index (κ1) is 10.9. The standard InChI is InChI=1S/C12H11ClN2O/c13-11-3-1-2-8(5-11)9-4-10(7-16)12(14)15-6-9/h1-6,16H,7H2,(H2,14,15). The smallest absolute Gasteiger partial charge is 0.128 e. The fourth-order valence-corrected chi connectivity index (χ4v) is 1.66. The van der Waals surface area contributed by atoms with Gasteiger partial charge in [0.05, 0.1) is 6.61 Å². The summed E-state index contributed by atoms with van der Waals surface area (Å²) < 4.78 is 0. The normalized spacial score (nSPS) is 10.4. The fourth-order valence-electron chi connectivity index (χ4n) is 1.47. The summed E-state index contributed by atoms with van der Waals surface area (Å²) in [4.78, 5) is 4.03. The highest BCUT2D eigenvalue weighted by Crippen LogP contribution is 2.24. The fraction of sp³-hybridized carbons (Fsp3) is 0.0833. The van der Waals surface area contributed by atoms with E-state index < -0.39 is 0 Å². The van der Waals surface area contributed by atoms with Gasteiger partial charge in [0.2, 0.25) is 0 Å². The van der Waals surface area contributed by atoms with Crippen LogP contribution in [-0.4, -0.2) is 10.1 Å². The molecular weight excluding hydrogens is 224 g/mol. The first-order valence-corrected chi connectivity index (χ1v) is 5.19. The van der Waals surface area contributed by atoms with Gasteiger partial charge in [-0.3, -0.25) is 0 Å². The summed E-state index contributed by atoms with van der Waals surface area (Å²) in [5.74, 6) is 0.355. The highest BCUT2D eigenvalue weighted by atomic mass is 35.5. The van der Waals surface area contributed by atoms with Crippen LogP contribution in [0.4, 0.5) is 5.82 Å². The second-order valence-corrected chi connectivity index (χ2v) is 3.87. The highest BCUT2D eigenvalue weighted by molar-refractivity contribution is 6.30. The molecule has 0 amide bonds. The Hall–Kier alpha value is -1.58. The van der Waals surface area contributed by atoms with Crippen molar-refractivity contribution in [2.45, 2.75) is 6.61 Å². The molecule has 1 aromatic carbocycles. The number of pyridine rings is 1. The molecule has 0 spiro atoms. The van der Waals surface area contributed by atoms with Crippen molar-refractivity contribution in [1.29, 1.82) is 0 Å². The molecule has 0 unspecified atom stereocenters. The van der Waals surface area contributed by atoms with Gasteiger partial charge in [-0.15, -0.1) is 0 Å². The molecule has 0 aliphatic heterocycles. The number of nitrogens with zero attached hydrogens (tertiary/aromatic N) is 1. The summed E-state index contributed by atoms with van der Waals surface area (Å²) in [7, 11) is 0. The van der Waals surface area contributed by atoms with Crippen LogP contribution < -0.4 is 5.73 Å². The van der Waals surface area contributed by atoms with Crippen molar-refractivity contribution in [1.82, 2.24) is 4.98 Å². The minimum Gasteiger partial charge on any atom is -0.392 e. The van der Waals surface area contributed by atoms with Crippen molar-refractivity contribution in [3.05, 3.63) is 47.1 Å². The lowest BCUT2D eigenvalue weighted by molar-refractivity contribution is 0.282. The van der Waals surface area contributed by atoms with Crippen molar-refractivity contribution in [2.75, 3.05) is 5.73 Å². The molecule has 0 bridgehead atoms. The molecule has 3 N–H and O–H groups in total. The summed E-state index contributed by atoms with van der Waals surface area (Å²) in [5.41, 5.74) is 8.08. The predicted molar refractivity (Wildman–Crippen MR) is 65.0 cm³/mol. The van der Waals surface area contributed by atoms with Crippen molar-refractivity contribution >= 4 is 17.4 Å². The van der Waals surface area contributed by atoms with E-state index in [1.165, 1.54) is 0 Å². The molecular formula is C12H11ClN2O. The van der Waals surface area contributed by atoms with E-state index in [2.05, 4.69) is 4.98 Å². The number of aromatic nitrogens is 1. The summed E-state index contributed by atoms with van der Waals surface area (Å²) >= 11 is 5.91. The summed E-state index contributed by atoms with van der Waals surface area (Å²) in [6.45, 7) is -0.118. The Morgan fingerprint density at radius 3 is 2.75 bits per heavy atom. The molecule has 2 aromatic rings. The molecule has 4 heteroatoms. The number of aliphatic hydroxyl groups is 1. The lowest BCUT2D eigenvalue weighted by Crippen LogP contribution is -1.97. The third-order valence-electron chi connectivity index (χ3n) is 2.33. The number of aliphatic hydroxyl groups excluding tert-OH is 1. The molecule has 2 rings (SSSR count). The number of nitrogen functional groups attached to an aromatic ring is 1. The number of hydrogen-bond acceptors (Lipinski definition) is 3. The van der Waals surface area contributed by atoms with Crippen LogP contribution in [0.3, 0.4) is 0 Å². The number of rotatable bonds is 2. The van der Waals surface area contributed by atoms with Gasteiger partial charge >= 0.3 is 0 Å². The van der Waals surface area contributed by atoms with Gasteiger partial charge in [0.25, 0.3) is 0 Å². The van der Waals surface area contributed by atoms with Crippen molar-refractivity contribution < 1.29 is 5.11 Å². The summed E-state index contributed by atoms with van der Waals surface area (Å²) in [5, 5.41) is 9.76. The molecule has 0 radical (unpaired) electrons. The Bertz CT molecular complexity index is 514. The summed E-state index contributed by atoms with van der Waals surface area (Å²) in [6.07, 6.45) is 1.67. The molecule has 0 aliphatic carbocycles.